The van der Waals surface area contributed by atoms with Crippen LogP contribution in [0.5, 0.6) is 5.88 Å². The van der Waals surface area contributed by atoms with E-state index in [4.69, 9.17) is 21.1 Å². The maximum absolute atomic E-state index is 5.94. The molecule has 2 heterocycles. The fraction of sp³-hybridized carbons (Fsp3) is 0.667. The summed E-state index contributed by atoms with van der Waals surface area (Å²) in [6.07, 6.45) is 2.68. The van der Waals surface area contributed by atoms with Crippen LogP contribution in [0.1, 0.15) is 13.3 Å². The van der Waals surface area contributed by atoms with Crippen LogP contribution in [0.15, 0.2) is 12.3 Å². The second-order valence-electron chi connectivity index (χ2n) is 4.12. The molecule has 6 heteroatoms. The van der Waals surface area contributed by atoms with Gasteiger partial charge in [0, 0.05) is 24.7 Å². The van der Waals surface area contributed by atoms with Crippen LogP contribution in [0.2, 0.25) is 0 Å². The van der Waals surface area contributed by atoms with Gasteiger partial charge < -0.3 is 14.4 Å². The molecule has 1 saturated heterocycles. The lowest BCUT2D eigenvalue weighted by molar-refractivity contribution is 0.0988. The van der Waals surface area contributed by atoms with Gasteiger partial charge in [-0.15, -0.1) is 11.6 Å². The minimum atomic E-state index is 0.127. The Morgan fingerprint density at radius 2 is 2.50 bits per heavy atom. The lowest BCUT2D eigenvalue weighted by Crippen LogP contribution is -2.47. The van der Waals surface area contributed by atoms with Crippen molar-refractivity contribution in [1.82, 2.24) is 9.97 Å². The molecule has 18 heavy (non-hydrogen) atoms. The highest BCUT2D eigenvalue weighted by molar-refractivity contribution is 6.18. The molecule has 0 amide bonds. The van der Waals surface area contributed by atoms with Crippen molar-refractivity contribution in [2.24, 2.45) is 0 Å². The Morgan fingerprint density at radius 1 is 1.61 bits per heavy atom. The summed E-state index contributed by atoms with van der Waals surface area (Å²) in [7, 11) is 0. The highest BCUT2D eigenvalue weighted by Gasteiger charge is 2.24. The third-order valence-corrected chi connectivity index (χ3v) is 3.09. The Bertz CT molecular complexity index is 378. The fourth-order valence-corrected chi connectivity index (χ4v) is 2.06. The van der Waals surface area contributed by atoms with Gasteiger partial charge in [0.2, 0.25) is 11.8 Å². The van der Waals surface area contributed by atoms with Gasteiger partial charge in [0.05, 0.1) is 25.9 Å². The van der Waals surface area contributed by atoms with Gasteiger partial charge >= 0.3 is 0 Å². The van der Waals surface area contributed by atoms with Crippen molar-refractivity contribution >= 4 is 17.5 Å². The molecule has 0 radical (unpaired) electrons. The van der Waals surface area contributed by atoms with Gasteiger partial charge in [-0.1, -0.05) is 6.92 Å². The summed E-state index contributed by atoms with van der Waals surface area (Å²) in [5.41, 5.74) is 0. The molecule has 0 spiro atoms. The van der Waals surface area contributed by atoms with Crippen molar-refractivity contribution in [3.8, 4) is 5.88 Å². The summed E-state index contributed by atoms with van der Waals surface area (Å²) >= 11 is 5.94. The topological polar surface area (TPSA) is 47.5 Å². The molecule has 1 aliphatic rings. The van der Waals surface area contributed by atoms with Crippen molar-refractivity contribution in [2.75, 3.05) is 37.1 Å². The molecule has 100 valence electrons. The van der Waals surface area contributed by atoms with E-state index in [9.17, 15) is 0 Å². The standard InChI is InChI=1S/C12H18ClN3O2/c1-2-6-18-11-3-4-14-12(15-11)16-5-7-17-9-10(16)8-13/h3-4,10H,2,5-9H2,1H3. The number of nitrogens with zero attached hydrogens (tertiary/aromatic N) is 3. The van der Waals surface area contributed by atoms with Crippen LogP contribution in [-0.4, -0.2) is 48.3 Å². The Kier molecular flexibility index (Phi) is 5.01. The first-order valence-electron chi connectivity index (χ1n) is 6.21. The second-order valence-corrected chi connectivity index (χ2v) is 4.43. The molecule has 1 aromatic heterocycles. The number of alkyl halides is 1. The Balaban J connectivity index is 2.10. The zero-order valence-electron chi connectivity index (χ0n) is 10.5. The number of morpholine rings is 1. The maximum Gasteiger partial charge on any atom is 0.229 e. The molecule has 5 nitrogen and oxygen atoms in total. The molecule has 0 N–H and O–H groups in total. The minimum Gasteiger partial charge on any atom is -0.478 e. The van der Waals surface area contributed by atoms with E-state index in [1.54, 1.807) is 12.3 Å². The Labute approximate surface area is 112 Å². The first-order valence-corrected chi connectivity index (χ1v) is 6.74. The Hall–Kier alpha value is -1.07. The van der Waals surface area contributed by atoms with Crippen LogP contribution in [-0.2, 0) is 4.74 Å². The summed E-state index contributed by atoms with van der Waals surface area (Å²) < 4.78 is 10.9. The molecule has 0 aromatic carbocycles. The maximum atomic E-state index is 5.94. The molecule has 1 aliphatic heterocycles. The van der Waals surface area contributed by atoms with Gasteiger partial charge in [-0.2, -0.15) is 4.98 Å². The molecule has 0 bridgehead atoms. The van der Waals surface area contributed by atoms with E-state index in [1.807, 2.05) is 0 Å². The molecule has 0 saturated carbocycles. The molecule has 1 unspecified atom stereocenters. The number of hydrogen-bond donors (Lipinski definition) is 0. The first kappa shape index (κ1) is 13.4. The van der Waals surface area contributed by atoms with E-state index in [0.717, 1.165) is 13.0 Å². The SMILES string of the molecule is CCCOc1ccnc(N2CCOCC2CCl)n1. The van der Waals surface area contributed by atoms with Gasteiger partial charge in [0.1, 0.15) is 0 Å². The molecular weight excluding hydrogens is 254 g/mol. The highest BCUT2D eigenvalue weighted by atomic mass is 35.5. The van der Waals surface area contributed by atoms with Crippen molar-refractivity contribution in [1.29, 1.82) is 0 Å². The monoisotopic (exact) mass is 271 g/mol. The van der Waals surface area contributed by atoms with E-state index in [0.29, 0.717) is 37.5 Å². The van der Waals surface area contributed by atoms with E-state index >= 15 is 0 Å². The van der Waals surface area contributed by atoms with Crippen molar-refractivity contribution in [3.05, 3.63) is 12.3 Å². The van der Waals surface area contributed by atoms with Gasteiger partial charge in [-0.3, -0.25) is 0 Å². The predicted molar refractivity (Wildman–Crippen MR) is 70.5 cm³/mol. The summed E-state index contributed by atoms with van der Waals surface area (Å²) in [5.74, 6) is 1.78. The van der Waals surface area contributed by atoms with Crippen LogP contribution in [0.4, 0.5) is 5.95 Å². The predicted octanol–water partition coefficient (Wildman–Crippen LogP) is 1.71. The molecule has 1 fully saturated rings. The average molecular weight is 272 g/mol. The highest BCUT2D eigenvalue weighted by Crippen LogP contribution is 2.18. The number of rotatable bonds is 5. The van der Waals surface area contributed by atoms with Crippen LogP contribution in [0.25, 0.3) is 0 Å². The molecule has 2 rings (SSSR count). The number of halogens is 1. The third-order valence-electron chi connectivity index (χ3n) is 2.73. The normalized spacial score (nSPS) is 19.9. The second kappa shape index (κ2) is 6.75. The summed E-state index contributed by atoms with van der Waals surface area (Å²) in [6.45, 7) is 4.78. The number of ether oxygens (including phenoxy) is 2. The van der Waals surface area contributed by atoms with Crippen LogP contribution < -0.4 is 9.64 Å². The van der Waals surface area contributed by atoms with Gasteiger partial charge in [0.25, 0.3) is 0 Å². The van der Waals surface area contributed by atoms with Crippen LogP contribution in [0.3, 0.4) is 0 Å². The van der Waals surface area contributed by atoms with Crippen molar-refractivity contribution in [3.63, 3.8) is 0 Å². The van der Waals surface area contributed by atoms with E-state index in [1.165, 1.54) is 0 Å². The summed E-state index contributed by atoms with van der Waals surface area (Å²) in [6, 6.07) is 1.90. The zero-order valence-corrected chi connectivity index (χ0v) is 11.3. The number of anilines is 1. The number of hydrogen-bond acceptors (Lipinski definition) is 5. The molecular formula is C12H18ClN3O2. The minimum absolute atomic E-state index is 0.127. The quantitative estimate of drug-likeness (QED) is 0.763. The third kappa shape index (κ3) is 3.23. The largest absolute Gasteiger partial charge is 0.478 e. The van der Waals surface area contributed by atoms with E-state index in [2.05, 4.69) is 21.8 Å². The average Bonchev–Trinajstić information content (AvgIpc) is 2.45. The van der Waals surface area contributed by atoms with E-state index < -0.39 is 0 Å². The zero-order chi connectivity index (χ0) is 12.8. The van der Waals surface area contributed by atoms with E-state index in [-0.39, 0.29) is 6.04 Å². The molecule has 1 aromatic rings. The number of aromatic nitrogens is 2. The Morgan fingerprint density at radius 3 is 3.28 bits per heavy atom. The summed E-state index contributed by atoms with van der Waals surface area (Å²) in [4.78, 5) is 10.8. The van der Waals surface area contributed by atoms with Gasteiger partial charge in [-0.05, 0) is 6.42 Å². The fourth-order valence-electron chi connectivity index (χ4n) is 1.80. The smallest absolute Gasteiger partial charge is 0.229 e. The van der Waals surface area contributed by atoms with Crippen LogP contribution in [0, 0.1) is 0 Å². The lowest BCUT2D eigenvalue weighted by Gasteiger charge is -2.34. The van der Waals surface area contributed by atoms with Gasteiger partial charge in [0.15, 0.2) is 0 Å². The summed E-state index contributed by atoms with van der Waals surface area (Å²) in [5, 5.41) is 0. The molecule has 1 atom stereocenters. The van der Waals surface area contributed by atoms with Gasteiger partial charge in [-0.25, -0.2) is 4.98 Å². The van der Waals surface area contributed by atoms with Crippen molar-refractivity contribution in [2.45, 2.75) is 19.4 Å². The molecule has 0 aliphatic carbocycles. The van der Waals surface area contributed by atoms with Crippen LogP contribution >= 0.6 is 11.6 Å². The van der Waals surface area contributed by atoms with Crippen molar-refractivity contribution < 1.29 is 9.47 Å². The first-order chi connectivity index (χ1) is 8.85. The lowest BCUT2D eigenvalue weighted by atomic mass is 10.3.